The second-order valence-corrected chi connectivity index (χ2v) is 6.55. The third-order valence-electron chi connectivity index (χ3n) is 2.74. The van der Waals surface area contributed by atoms with E-state index in [1.54, 1.807) is 17.5 Å². The third kappa shape index (κ3) is 3.80. The minimum Gasteiger partial charge on any atom is -0.483 e. The number of nitrogens with zero attached hydrogens (tertiary/aromatic N) is 3. The van der Waals surface area contributed by atoms with E-state index in [4.69, 9.17) is 4.74 Å². The molecule has 2 rings (SSSR count). The molecule has 2 heterocycles. The molecule has 2 aromatic rings. The summed E-state index contributed by atoms with van der Waals surface area (Å²) >= 11 is 1.65. The van der Waals surface area contributed by atoms with Gasteiger partial charge in [-0.1, -0.05) is 27.7 Å². The van der Waals surface area contributed by atoms with Crippen molar-refractivity contribution in [2.45, 2.75) is 52.7 Å². The second-order valence-electron chi connectivity index (χ2n) is 5.60. The predicted molar refractivity (Wildman–Crippen MR) is 77.7 cm³/mol. The molecule has 0 bridgehead atoms. The fourth-order valence-corrected chi connectivity index (χ4v) is 2.57. The lowest BCUT2D eigenvalue weighted by molar-refractivity contribution is 0.304. The lowest BCUT2D eigenvalue weighted by Crippen LogP contribution is -2.11. The Bertz CT molecular complexity index is 525. The highest BCUT2D eigenvalue weighted by atomic mass is 32.1. The maximum absolute atomic E-state index is 5.71. The zero-order valence-corrected chi connectivity index (χ0v) is 12.8. The van der Waals surface area contributed by atoms with Gasteiger partial charge in [-0.15, -0.1) is 11.3 Å². The minimum absolute atomic E-state index is 0.0980. The Morgan fingerprint density at radius 2 is 2.16 bits per heavy atom. The maximum atomic E-state index is 5.71. The van der Waals surface area contributed by atoms with Crippen LogP contribution in [0.2, 0.25) is 0 Å². The van der Waals surface area contributed by atoms with E-state index in [-0.39, 0.29) is 5.41 Å². The van der Waals surface area contributed by atoms with Crippen molar-refractivity contribution in [1.29, 1.82) is 0 Å². The molecule has 104 valence electrons. The highest BCUT2D eigenvalue weighted by Gasteiger charge is 2.17. The molecule has 0 unspecified atom stereocenters. The van der Waals surface area contributed by atoms with Crippen molar-refractivity contribution in [3.8, 4) is 5.75 Å². The molecule has 0 saturated carbocycles. The quantitative estimate of drug-likeness (QED) is 0.839. The van der Waals surface area contributed by atoms with Crippen LogP contribution < -0.4 is 4.74 Å². The van der Waals surface area contributed by atoms with E-state index in [1.165, 1.54) is 0 Å². The first kappa shape index (κ1) is 14.1. The van der Waals surface area contributed by atoms with Crippen LogP contribution in [0.1, 0.15) is 44.8 Å². The SMILES string of the molecule is CCCn1cc(OCc2nc(C(C)(C)C)cs2)cn1. The Morgan fingerprint density at radius 1 is 1.37 bits per heavy atom. The molecule has 0 atom stereocenters. The highest BCUT2D eigenvalue weighted by molar-refractivity contribution is 7.09. The Hall–Kier alpha value is -1.36. The van der Waals surface area contributed by atoms with Crippen molar-refractivity contribution >= 4 is 11.3 Å². The number of aromatic nitrogens is 3. The van der Waals surface area contributed by atoms with Gasteiger partial charge >= 0.3 is 0 Å². The second kappa shape index (κ2) is 5.74. The first-order valence-electron chi connectivity index (χ1n) is 6.59. The number of rotatable bonds is 5. The summed E-state index contributed by atoms with van der Waals surface area (Å²) in [5, 5.41) is 7.36. The smallest absolute Gasteiger partial charge is 0.157 e. The van der Waals surface area contributed by atoms with Gasteiger partial charge in [-0.25, -0.2) is 4.98 Å². The van der Waals surface area contributed by atoms with Gasteiger partial charge in [0.25, 0.3) is 0 Å². The Labute approximate surface area is 118 Å². The molecule has 0 saturated heterocycles. The van der Waals surface area contributed by atoms with Crippen LogP contribution in [0.4, 0.5) is 0 Å². The maximum Gasteiger partial charge on any atom is 0.157 e. The molecular formula is C14H21N3OS. The van der Waals surface area contributed by atoms with Gasteiger partial charge in [-0.2, -0.15) is 5.10 Å². The van der Waals surface area contributed by atoms with Crippen LogP contribution in [0, 0.1) is 0 Å². The zero-order chi connectivity index (χ0) is 13.9. The van der Waals surface area contributed by atoms with Crippen molar-refractivity contribution in [2.75, 3.05) is 0 Å². The number of hydrogen-bond acceptors (Lipinski definition) is 4. The molecule has 0 aliphatic carbocycles. The number of ether oxygens (including phenoxy) is 1. The van der Waals surface area contributed by atoms with Crippen LogP contribution in [0.5, 0.6) is 5.75 Å². The predicted octanol–water partition coefficient (Wildman–Crippen LogP) is 3.63. The van der Waals surface area contributed by atoms with Crippen LogP contribution in [0.3, 0.4) is 0 Å². The van der Waals surface area contributed by atoms with Gasteiger partial charge in [0.2, 0.25) is 0 Å². The van der Waals surface area contributed by atoms with Crippen LogP contribution in [0.15, 0.2) is 17.8 Å². The first-order chi connectivity index (χ1) is 8.99. The van der Waals surface area contributed by atoms with Crippen molar-refractivity contribution in [3.05, 3.63) is 28.5 Å². The van der Waals surface area contributed by atoms with Gasteiger partial charge in [0.15, 0.2) is 5.75 Å². The molecule has 0 spiro atoms. The zero-order valence-electron chi connectivity index (χ0n) is 12.0. The van der Waals surface area contributed by atoms with Crippen molar-refractivity contribution in [2.24, 2.45) is 0 Å². The van der Waals surface area contributed by atoms with Gasteiger partial charge in [-0.3, -0.25) is 4.68 Å². The van der Waals surface area contributed by atoms with Gasteiger partial charge in [-0.05, 0) is 6.42 Å². The molecule has 0 fully saturated rings. The van der Waals surface area contributed by atoms with Crippen LogP contribution in [0.25, 0.3) is 0 Å². The summed E-state index contributed by atoms with van der Waals surface area (Å²) in [6.45, 7) is 10.1. The van der Waals surface area contributed by atoms with E-state index in [9.17, 15) is 0 Å². The monoisotopic (exact) mass is 279 g/mol. The summed E-state index contributed by atoms with van der Waals surface area (Å²) in [7, 11) is 0. The van der Waals surface area contributed by atoms with Crippen LogP contribution in [-0.4, -0.2) is 14.8 Å². The summed E-state index contributed by atoms with van der Waals surface area (Å²) in [6, 6.07) is 0. The summed E-state index contributed by atoms with van der Waals surface area (Å²) in [6.07, 6.45) is 4.76. The van der Waals surface area contributed by atoms with Crippen molar-refractivity contribution in [3.63, 3.8) is 0 Å². The normalized spacial score (nSPS) is 11.8. The Kier molecular flexibility index (Phi) is 4.24. The van der Waals surface area contributed by atoms with Crippen LogP contribution >= 0.6 is 11.3 Å². The van der Waals surface area contributed by atoms with E-state index in [0.29, 0.717) is 6.61 Å². The number of aryl methyl sites for hydroxylation is 1. The summed E-state index contributed by atoms with van der Waals surface area (Å²) < 4.78 is 7.61. The summed E-state index contributed by atoms with van der Waals surface area (Å²) in [4.78, 5) is 4.61. The molecule has 2 aromatic heterocycles. The largest absolute Gasteiger partial charge is 0.483 e. The van der Waals surface area contributed by atoms with Gasteiger partial charge in [0.1, 0.15) is 11.6 Å². The minimum atomic E-state index is 0.0980. The van der Waals surface area contributed by atoms with Crippen molar-refractivity contribution in [1.82, 2.24) is 14.8 Å². The van der Waals surface area contributed by atoms with E-state index in [0.717, 1.165) is 29.4 Å². The van der Waals surface area contributed by atoms with Gasteiger partial charge in [0, 0.05) is 17.3 Å². The molecule has 0 aliphatic rings. The number of hydrogen-bond donors (Lipinski definition) is 0. The standard InChI is InChI=1S/C14H21N3OS/c1-5-6-17-8-11(7-15-17)18-9-13-16-12(10-19-13)14(2,3)4/h7-8,10H,5-6,9H2,1-4H3. The van der Waals surface area contributed by atoms with E-state index < -0.39 is 0 Å². The molecule has 0 amide bonds. The molecule has 0 N–H and O–H groups in total. The van der Waals surface area contributed by atoms with E-state index >= 15 is 0 Å². The highest BCUT2D eigenvalue weighted by Crippen LogP contribution is 2.24. The average Bonchev–Trinajstić information content (AvgIpc) is 2.94. The summed E-state index contributed by atoms with van der Waals surface area (Å²) in [5.41, 5.74) is 1.22. The number of thiazole rings is 1. The van der Waals surface area contributed by atoms with E-state index in [2.05, 4.69) is 43.2 Å². The summed E-state index contributed by atoms with van der Waals surface area (Å²) in [5.74, 6) is 0.806. The Morgan fingerprint density at radius 3 is 2.79 bits per heavy atom. The topological polar surface area (TPSA) is 39.9 Å². The third-order valence-corrected chi connectivity index (χ3v) is 3.57. The molecular weight excluding hydrogens is 258 g/mol. The fraction of sp³-hybridized carbons (Fsp3) is 0.571. The lowest BCUT2D eigenvalue weighted by Gasteiger charge is -2.14. The molecule has 4 nitrogen and oxygen atoms in total. The van der Waals surface area contributed by atoms with E-state index in [1.807, 2.05) is 10.9 Å². The fourth-order valence-electron chi connectivity index (χ4n) is 1.64. The molecule has 5 heteroatoms. The molecule has 19 heavy (non-hydrogen) atoms. The average molecular weight is 279 g/mol. The Balaban J connectivity index is 1.93. The van der Waals surface area contributed by atoms with Crippen LogP contribution in [-0.2, 0) is 18.6 Å². The lowest BCUT2D eigenvalue weighted by atomic mass is 9.93. The molecule has 0 aromatic carbocycles. The molecule has 0 aliphatic heterocycles. The van der Waals surface area contributed by atoms with Crippen molar-refractivity contribution < 1.29 is 4.74 Å². The molecule has 0 radical (unpaired) electrons. The first-order valence-corrected chi connectivity index (χ1v) is 7.47. The van der Waals surface area contributed by atoms with Gasteiger partial charge < -0.3 is 4.74 Å². The van der Waals surface area contributed by atoms with Gasteiger partial charge in [0.05, 0.1) is 18.1 Å².